The zero-order valence-corrected chi connectivity index (χ0v) is 13.4. The molecule has 0 fully saturated rings. The Morgan fingerprint density at radius 2 is 1.96 bits per heavy atom. The zero-order chi connectivity index (χ0) is 16.7. The highest BCUT2D eigenvalue weighted by Gasteiger charge is 2.18. The molecule has 23 heavy (non-hydrogen) atoms. The summed E-state index contributed by atoms with van der Waals surface area (Å²) in [4.78, 5) is 17.1. The number of aromatic nitrogens is 3. The summed E-state index contributed by atoms with van der Waals surface area (Å²) in [6, 6.07) is 6.30. The van der Waals surface area contributed by atoms with E-state index in [-0.39, 0.29) is 11.6 Å². The summed E-state index contributed by atoms with van der Waals surface area (Å²) in [5.74, 6) is -0.838. The first kappa shape index (κ1) is 15.1. The fourth-order valence-corrected chi connectivity index (χ4v) is 2.67. The van der Waals surface area contributed by atoms with Gasteiger partial charge in [0, 0.05) is 12.7 Å². The molecule has 1 amide bonds. The lowest BCUT2D eigenvalue weighted by atomic mass is 10.1. The van der Waals surface area contributed by atoms with Crippen molar-refractivity contribution in [3.8, 4) is 0 Å². The summed E-state index contributed by atoms with van der Waals surface area (Å²) in [5, 5.41) is 7.64. The third kappa shape index (κ3) is 2.67. The monoisotopic (exact) mass is 312 g/mol. The number of halogens is 1. The van der Waals surface area contributed by atoms with Gasteiger partial charge in [-0.15, -0.1) is 0 Å². The lowest BCUT2D eigenvalue weighted by Crippen LogP contribution is -2.14. The van der Waals surface area contributed by atoms with E-state index in [4.69, 9.17) is 0 Å². The zero-order valence-electron chi connectivity index (χ0n) is 13.4. The molecule has 118 valence electrons. The number of benzene rings is 1. The molecule has 2 heterocycles. The smallest absolute Gasteiger partial charge is 0.256 e. The van der Waals surface area contributed by atoms with Crippen molar-refractivity contribution in [1.82, 2.24) is 14.8 Å². The van der Waals surface area contributed by atoms with Crippen molar-refractivity contribution >= 4 is 22.6 Å². The third-order valence-electron chi connectivity index (χ3n) is 3.71. The van der Waals surface area contributed by atoms with E-state index in [9.17, 15) is 9.18 Å². The molecule has 0 unspecified atom stereocenters. The molecule has 5 nitrogen and oxygen atoms in total. The second kappa shape index (κ2) is 5.46. The SMILES string of the molecule is Cc1ccc(F)c(NC(=O)c2cc(C)nc3c2c(C)nn3C)c1. The van der Waals surface area contributed by atoms with Gasteiger partial charge in [0.15, 0.2) is 5.65 Å². The van der Waals surface area contributed by atoms with E-state index < -0.39 is 5.82 Å². The number of rotatable bonds is 2. The number of anilines is 1. The van der Waals surface area contributed by atoms with Crippen molar-refractivity contribution in [3.05, 3.63) is 52.6 Å². The van der Waals surface area contributed by atoms with Gasteiger partial charge in [0.05, 0.1) is 22.3 Å². The van der Waals surface area contributed by atoms with Gasteiger partial charge in [-0.2, -0.15) is 5.10 Å². The maximum atomic E-state index is 13.9. The van der Waals surface area contributed by atoms with Crippen molar-refractivity contribution in [1.29, 1.82) is 0 Å². The normalized spacial score (nSPS) is 11.0. The lowest BCUT2D eigenvalue weighted by Gasteiger charge is -2.09. The Labute approximate surface area is 133 Å². The van der Waals surface area contributed by atoms with Crippen molar-refractivity contribution in [3.63, 3.8) is 0 Å². The first-order valence-electron chi connectivity index (χ1n) is 7.25. The number of fused-ring (bicyclic) bond motifs is 1. The summed E-state index contributed by atoms with van der Waals surface area (Å²) in [6.07, 6.45) is 0. The molecule has 2 aromatic heterocycles. The van der Waals surface area contributed by atoms with Crippen LogP contribution in [0, 0.1) is 26.6 Å². The minimum atomic E-state index is -0.464. The van der Waals surface area contributed by atoms with E-state index in [1.165, 1.54) is 6.07 Å². The number of amides is 1. The van der Waals surface area contributed by atoms with Crippen LogP contribution in [0.1, 0.15) is 27.3 Å². The standard InChI is InChI=1S/C17H17FN4O/c1-9-5-6-13(18)14(7-9)20-17(23)12-8-10(2)19-16-15(12)11(3)21-22(16)4/h5-8H,1-4H3,(H,20,23). The molecule has 3 rings (SSSR count). The minimum Gasteiger partial charge on any atom is -0.319 e. The molecular formula is C17H17FN4O. The Morgan fingerprint density at radius 1 is 1.22 bits per heavy atom. The summed E-state index contributed by atoms with van der Waals surface area (Å²) in [5.41, 5.74) is 3.53. The predicted molar refractivity (Wildman–Crippen MR) is 87.1 cm³/mol. The lowest BCUT2D eigenvalue weighted by molar-refractivity contribution is 0.102. The third-order valence-corrected chi connectivity index (χ3v) is 3.71. The molecule has 0 spiro atoms. The largest absolute Gasteiger partial charge is 0.319 e. The number of carbonyl (C=O) groups excluding carboxylic acids is 1. The molecule has 0 aliphatic rings. The van der Waals surface area contributed by atoms with Crippen molar-refractivity contribution in [2.75, 3.05) is 5.32 Å². The fraction of sp³-hybridized carbons (Fsp3) is 0.235. The fourth-order valence-electron chi connectivity index (χ4n) is 2.67. The van der Waals surface area contributed by atoms with E-state index in [0.29, 0.717) is 28.0 Å². The number of pyridine rings is 1. The van der Waals surface area contributed by atoms with Crippen LogP contribution in [0.25, 0.3) is 11.0 Å². The molecule has 0 aliphatic heterocycles. The van der Waals surface area contributed by atoms with Crippen LogP contribution < -0.4 is 5.32 Å². The van der Waals surface area contributed by atoms with Gasteiger partial charge in [-0.3, -0.25) is 9.48 Å². The van der Waals surface area contributed by atoms with Crippen molar-refractivity contribution in [2.24, 2.45) is 7.05 Å². The number of hydrogen-bond acceptors (Lipinski definition) is 3. The summed E-state index contributed by atoms with van der Waals surface area (Å²) < 4.78 is 15.5. The molecule has 0 atom stereocenters. The van der Waals surface area contributed by atoms with Gasteiger partial charge in [0.1, 0.15) is 5.82 Å². The first-order valence-corrected chi connectivity index (χ1v) is 7.25. The summed E-state index contributed by atoms with van der Waals surface area (Å²) in [7, 11) is 1.78. The Morgan fingerprint density at radius 3 is 2.70 bits per heavy atom. The van der Waals surface area contributed by atoms with Crippen molar-refractivity contribution < 1.29 is 9.18 Å². The molecular weight excluding hydrogens is 295 g/mol. The van der Waals surface area contributed by atoms with Gasteiger partial charge in [0.25, 0.3) is 5.91 Å². The van der Waals surface area contributed by atoms with Crippen LogP contribution in [0.3, 0.4) is 0 Å². The molecule has 0 saturated heterocycles. The van der Waals surface area contributed by atoms with Gasteiger partial charge < -0.3 is 5.32 Å². The number of nitrogens with zero attached hydrogens (tertiary/aromatic N) is 3. The molecule has 0 aliphatic carbocycles. The molecule has 3 aromatic rings. The summed E-state index contributed by atoms with van der Waals surface area (Å²) >= 11 is 0. The first-order chi connectivity index (χ1) is 10.9. The highest BCUT2D eigenvalue weighted by Crippen LogP contribution is 2.23. The molecule has 0 saturated carbocycles. The van der Waals surface area contributed by atoms with Crippen LogP contribution in [-0.2, 0) is 7.05 Å². The van der Waals surface area contributed by atoms with Crippen LogP contribution >= 0.6 is 0 Å². The van der Waals surface area contributed by atoms with E-state index in [1.807, 2.05) is 20.8 Å². The van der Waals surface area contributed by atoms with Crippen LogP contribution in [-0.4, -0.2) is 20.7 Å². The Bertz CT molecular complexity index is 930. The maximum absolute atomic E-state index is 13.9. The van der Waals surface area contributed by atoms with Crippen LogP contribution in [0.5, 0.6) is 0 Å². The quantitative estimate of drug-likeness (QED) is 0.790. The van der Waals surface area contributed by atoms with Crippen LogP contribution in [0.15, 0.2) is 24.3 Å². The highest BCUT2D eigenvalue weighted by molar-refractivity contribution is 6.12. The van der Waals surface area contributed by atoms with Gasteiger partial charge in [-0.25, -0.2) is 9.37 Å². The van der Waals surface area contributed by atoms with Crippen LogP contribution in [0.2, 0.25) is 0 Å². The van der Waals surface area contributed by atoms with E-state index in [1.54, 1.807) is 29.9 Å². The number of aryl methyl sites for hydroxylation is 4. The molecule has 1 N–H and O–H groups in total. The second-order valence-corrected chi connectivity index (χ2v) is 5.66. The maximum Gasteiger partial charge on any atom is 0.256 e. The molecule has 0 radical (unpaired) electrons. The summed E-state index contributed by atoms with van der Waals surface area (Å²) in [6.45, 7) is 5.48. The van der Waals surface area contributed by atoms with Crippen molar-refractivity contribution in [2.45, 2.75) is 20.8 Å². The minimum absolute atomic E-state index is 0.166. The number of hydrogen-bond donors (Lipinski definition) is 1. The Balaban J connectivity index is 2.09. The number of nitrogens with one attached hydrogen (secondary N) is 1. The van der Waals surface area contributed by atoms with Gasteiger partial charge >= 0.3 is 0 Å². The van der Waals surface area contributed by atoms with E-state index >= 15 is 0 Å². The second-order valence-electron chi connectivity index (χ2n) is 5.66. The predicted octanol–water partition coefficient (Wildman–Crippen LogP) is 3.28. The topological polar surface area (TPSA) is 59.8 Å². The number of carbonyl (C=O) groups is 1. The molecule has 6 heteroatoms. The van der Waals surface area contributed by atoms with Gasteiger partial charge in [-0.1, -0.05) is 6.07 Å². The average Bonchev–Trinajstić information content (AvgIpc) is 2.77. The van der Waals surface area contributed by atoms with Gasteiger partial charge in [-0.05, 0) is 44.5 Å². The van der Waals surface area contributed by atoms with E-state index in [0.717, 1.165) is 5.56 Å². The van der Waals surface area contributed by atoms with Crippen LogP contribution in [0.4, 0.5) is 10.1 Å². The molecule has 1 aromatic carbocycles. The van der Waals surface area contributed by atoms with Gasteiger partial charge in [0.2, 0.25) is 0 Å². The Hall–Kier alpha value is -2.76. The molecule has 0 bridgehead atoms. The average molecular weight is 312 g/mol. The Kier molecular flexibility index (Phi) is 3.60. The highest BCUT2D eigenvalue weighted by atomic mass is 19.1. The van der Waals surface area contributed by atoms with E-state index in [2.05, 4.69) is 15.4 Å².